The molecular weight excluding hydrogens is 272 g/mol. The number of rotatable bonds is 3. The van der Waals surface area contributed by atoms with E-state index in [1.165, 1.54) is 5.69 Å². The molecule has 1 fully saturated rings. The van der Waals surface area contributed by atoms with Gasteiger partial charge in [0.15, 0.2) is 0 Å². The summed E-state index contributed by atoms with van der Waals surface area (Å²) in [4.78, 5) is 16.9. The standard InChI is InChI=1S/C19H22N2O/c1-16-15-20(18-10-6-3-7-11-18)12-13-21(16)19(22)14-17-8-4-2-5-9-17/h2-11,16H,12-15H2,1H3. The molecule has 1 unspecified atom stereocenters. The maximum atomic E-state index is 12.5. The Morgan fingerprint density at radius 2 is 1.64 bits per heavy atom. The molecule has 0 aliphatic carbocycles. The van der Waals surface area contributed by atoms with Gasteiger partial charge in [-0.2, -0.15) is 0 Å². The van der Waals surface area contributed by atoms with E-state index in [9.17, 15) is 4.79 Å². The van der Waals surface area contributed by atoms with Crippen LogP contribution in [0.3, 0.4) is 0 Å². The van der Waals surface area contributed by atoms with Crippen LogP contribution in [0.5, 0.6) is 0 Å². The summed E-state index contributed by atoms with van der Waals surface area (Å²) in [5, 5.41) is 0. The number of hydrogen-bond donors (Lipinski definition) is 0. The number of para-hydroxylation sites is 1. The zero-order chi connectivity index (χ0) is 15.4. The predicted octanol–water partition coefficient (Wildman–Crippen LogP) is 2.97. The van der Waals surface area contributed by atoms with Gasteiger partial charge in [0, 0.05) is 31.4 Å². The monoisotopic (exact) mass is 294 g/mol. The summed E-state index contributed by atoms with van der Waals surface area (Å²) in [6.07, 6.45) is 0.497. The molecule has 0 N–H and O–H groups in total. The molecule has 0 radical (unpaired) electrons. The number of amides is 1. The lowest BCUT2D eigenvalue weighted by atomic mass is 10.1. The average molecular weight is 294 g/mol. The van der Waals surface area contributed by atoms with Gasteiger partial charge in [-0.25, -0.2) is 0 Å². The largest absolute Gasteiger partial charge is 0.368 e. The van der Waals surface area contributed by atoms with Crippen molar-refractivity contribution >= 4 is 11.6 Å². The van der Waals surface area contributed by atoms with Crippen molar-refractivity contribution in [2.24, 2.45) is 0 Å². The number of piperazine rings is 1. The summed E-state index contributed by atoms with van der Waals surface area (Å²) in [7, 11) is 0. The van der Waals surface area contributed by atoms with E-state index in [4.69, 9.17) is 0 Å². The Morgan fingerprint density at radius 1 is 1.00 bits per heavy atom. The highest BCUT2D eigenvalue weighted by molar-refractivity contribution is 5.79. The molecule has 1 aliphatic rings. The summed E-state index contributed by atoms with van der Waals surface area (Å²) < 4.78 is 0. The third-order valence-corrected chi connectivity index (χ3v) is 4.27. The molecule has 22 heavy (non-hydrogen) atoms. The Labute approximate surface area is 132 Å². The number of carbonyl (C=O) groups is 1. The van der Waals surface area contributed by atoms with E-state index in [0.29, 0.717) is 6.42 Å². The van der Waals surface area contributed by atoms with Crippen LogP contribution in [-0.4, -0.2) is 36.5 Å². The Kier molecular flexibility index (Phi) is 4.42. The first-order chi connectivity index (χ1) is 10.7. The van der Waals surface area contributed by atoms with Crippen LogP contribution in [0.15, 0.2) is 60.7 Å². The fourth-order valence-corrected chi connectivity index (χ4v) is 3.07. The van der Waals surface area contributed by atoms with Crippen molar-refractivity contribution in [3.8, 4) is 0 Å². The van der Waals surface area contributed by atoms with Crippen LogP contribution in [0.1, 0.15) is 12.5 Å². The summed E-state index contributed by atoms with van der Waals surface area (Å²) in [5.41, 5.74) is 2.33. The number of benzene rings is 2. The minimum atomic E-state index is 0.228. The fourth-order valence-electron chi connectivity index (χ4n) is 3.07. The van der Waals surface area contributed by atoms with E-state index in [2.05, 4.69) is 36.1 Å². The molecule has 0 aromatic heterocycles. The van der Waals surface area contributed by atoms with Gasteiger partial charge in [0.25, 0.3) is 0 Å². The third-order valence-electron chi connectivity index (χ3n) is 4.27. The van der Waals surface area contributed by atoms with E-state index in [1.54, 1.807) is 0 Å². The first-order valence-electron chi connectivity index (χ1n) is 7.87. The number of nitrogens with zero attached hydrogens (tertiary/aromatic N) is 2. The second-order valence-corrected chi connectivity index (χ2v) is 5.88. The van der Waals surface area contributed by atoms with Gasteiger partial charge in [-0.3, -0.25) is 4.79 Å². The zero-order valence-corrected chi connectivity index (χ0v) is 13.0. The van der Waals surface area contributed by atoms with Crippen molar-refractivity contribution in [2.75, 3.05) is 24.5 Å². The maximum Gasteiger partial charge on any atom is 0.227 e. The molecule has 2 aromatic carbocycles. The average Bonchev–Trinajstić information content (AvgIpc) is 2.56. The Morgan fingerprint density at radius 3 is 2.27 bits per heavy atom. The predicted molar refractivity (Wildman–Crippen MR) is 90.0 cm³/mol. The Bertz CT molecular complexity index is 612. The van der Waals surface area contributed by atoms with Gasteiger partial charge >= 0.3 is 0 Å². The van der Waals surface area contributed by atoms with Gasteiger partial charge in [-0.1, -0.05) is 48.5 Å². The molecule has 0 saturated carbocycles. The second-order valence-electron chi connectivity index (χ2n) is 5.88. The van der Waals surface area contributed by atoms with Crippen molar-refractivity contribution in [3.63, 3.8) is 0 Å². The van der Waals surface area contributed by atoms with Crippen LogP contribution in [0.4, 0.5) is 5.69 Å². The van der Waals surface area contributed by atoms with Gasteiger partial charge in [-0.05, 0) is 24.6 Å². The van der Waals surface area contributed by atoms with Gasteiger partial charge in [0.1, 0.15) is 0 Å². The molecule has 114 valence electrons. The normalized spacial score (nSPS) is 18.3. The van der Waals surface area contributed by atoms with E-state index < -0.39 is 0 Å². The molecule has 3 heteroatoms. The van der Waals surface area contributed by atoms with Crippen molar-refractivity contribution in [1.29, 1.82) is 0 Å². The Hall–Kier alpha value is -2.29. The summed E-state index contributed by atoms with van der Waals surface area (Å²) >= 11 is 0. The molecule has 0 spiro atoms. The van der Waals surface area contributed by atoms with Gasteiger partial charge in [0.05, 0.1) is 6.42 Å². The van der Waals surface area contributed by atoms with Crippen molar-refractivity contribution in [3.05, 3.63) is 66.2 Å². The van der Waals surface area contributed by atoms with Crippen LogP contribution < -0.4 is 4.90 Å². The lowest BCUT2D eigenvalue weighted by molar-refractivity contribution is -0.132. The van der Waals surface area contributed by atoms with Crippen LogP contribution in [0.2, 0.25) is 0 Å². The highest BCUT2D eigenvalue weighted by atomic mass is 16.2. The summed E-state index contributed by atoms with van der Waals surface area (Å²) in [5.74, 6) is 0.228. The highest BCUT2D eigenvalue weighted by Gasteiger charge is 2.27. The van der Waals surface area contributed by atoms with E-state index in [0.717, 1.165) is 25.2 Å². The molecule has 3 rings (SSSR count). The molecular formula is C19H22N2O. The van der Waals surface area contributed by atoms with Crippen LogP contribution in [0, 0.1) is 0 Å². The fraction of sp³-hybridized carbons (Fsp3) is 0.316. The first kappa shape index (κ1) is 14.6. The maximum absolute atomic E-state index is 12.5. The van der Waals surface area contributed by atoms with Crippen LogP contribution in [-0.2, 0) is 11.2 Å². The smallest absolute Gasteiger partial charge is 0.227 e. The quantitative estimate of drug-likeness (QED) is 0.869. The molecule has 3 nitrogen and oxygen atoms in total. The number of hydrogen-bond acceptors (Lipinski definition) is 2. The minimum absolute atomic E-state index is 0.228. The Balaban J connectivity index is 1.62. The number of anilines is 1. The number of carbonyl (C=O) groups excluding carboxylic acids is 1. The highest BCUT2D eigenvalue weighted by Crippen LogP contribution is 2.19. The molecule has 1 aliphatic heterocycles. The molecule has 1 atom stereocenters. The van der Waals surface area contributed by atoms with E-state index in [1.807, 2.05) is 41.3 Å². The summed E-state index contributed by atoms with van der Waals surface area (Å²) in [6, 6.07) is 20.7. The van der Waals surface area contributed by atoms with Gasteiger partial charge in [-0.15, -0.1) is 0 Å². The molecule has 1 amide bonds. The van der Waals surface area contributed by atoms with E-state index in [-0.39, 0.29) is 11.9 Å². The first-order valence-corrected chi connectivity index (χ1v) is 7.87. The van der Waals surface area contributed by atoms with E-state index >= 15 is 0 Å². The minimum Gasteiger partial charge on any atom is -0.368 e. The topological polar surface area (TPSA) is 23.6 Å². The summed E-state index contributed by atoms with van der Waals surface area (Å²) in [6.45, 7) is 4.72. The van der Waals surface area contributed by atoms with Crippen LogP contribution in [0.25, 0.3) is 0 Å². The lowest BCUT2D eigenvalue weighted by Crippen LogP contribution is -2.54. The van der Waals surface area contributed by atoms with Gasteiger partial charge < -0.3 is 9.80 Å². The lowest BCUT2D eigenvalue weighted by Gasteiger charge is -2.41. The van der Waals surface area contributed by atoms with Crippen molar-refractivity contribution in [1.82, 2.24) is 4.90 Å². The zero-order valence-electron chi connectivity index (χ0n) is 13.0. The van der Waals surface area contributed by atoms with Gasteiger partial charge in [0.2, 0.25) is 5.91 Å². The molecule has 1 saturated heterocycles. The third kappa shape index (κ3) is 3.30. The molecule has 0 bridgehead atoms. The van der Waals surface area contributed by atoms with Crippen molar-refractivity contribution in [2.45, 2.75) is 19.4 Å². The van der Waals surface area contributed by atoms with Crippen molar-refractivity contribution < 1.29 is 4.79 Å². The SMILES string of the molecule is CC1CN(c2ccccc2)CCN1C(=O)Cc1ccccc1. The molecule has 2 aromatic rings. The van der Waals surface area contributed by atoms with Crippen LogP contribution >= 0.6 is 0 Å². The second kappa shape index (κ2) is 6.65. The molecule has 1 heterocycles.